The van der Waals surface area contributed by atoms with Crippen LogP contribution in [-0.2, 0) is 9.30 Å². The van der Waals surface area contributed by atoms with Gasteiger partial charge < -0.3 is 34.7 Å². The predicted molar refractivity (Wildman–Crippen MR) is 91.4 cm³/mol. The second-order valence-corrected chi connectivity index (χ2v) is 7.04. The molecule has 6 N–H and O–H groups in total. The molecule has 0 spiro atoms. The highest BCUT2D eigenvalue weighted by molar-refractivity contribution is 7.45. The van der Waals surface area contributed by atoms with Gasteiger partial charge >= 0.3 is 7.82 Å². The Balaban J connectivity index is 0. The molecule has 0 aliphatic carbocycles. The van der Waals surface area contributed by atoms with E-state index in [2.05, 4.69) is 6.92 Å². The standard InChI is InChI=1S/C15H32O4.H3O4P/c1-2-3-4-5-6-7-8-9-10-19-14-15(11-16,12-17)13-18;1-5(2,3)4/h16-18H,2-14H2,1H3;(H3,1,2,3,4). The Kier molecular flexibility index (Phi) is 17.9. The number of hydrogen-bond donors (Lipinski definition) is 6. The zero-order valence-electron chi connectivity index (χ0n) is 14.6. The van der Waals surface area contributed by atoms with Gasteiger partial charge in [-0.25, -0.2) is 4.57 Å². The second-order valence-electron chi connectivity index (χ2n) is 6.02. The fraction of sp³-hybridized carbons (Fsp3) is 1.00. The third kappa shape index (κ3) is 20.0. The van der Waals surface area contributed by atoms with Gasteiger partial charge in [0.2, 0.25) is 0 Å². The lowest BCUT2D eigenvalue weighted by Gasteiger charge is -2.26. The molecule has 0 rings (SSSR count). The molecule has 0 amide bonds. The SMILES string of the molecule is CCCCCCCCCCOCC(CO)(CO)CO.O=P(O)(O)O. The molecule has 0 radical (unpaired) electrons. The third-order valence-electron chi connectivity index (χ3n) is 3.56. The maximum absolute atomic E-state index is 9.12. The van der Waals surface area contributed by atoms with E-state index in [1.165, 1.54) is 38.5 Å². The first-order valence-corrected chi connectivity index (χ1v) is 10.00. The van der Waals surface area contributed by atoms with Crippen molar-refractivity contribution in [1.29, 1.82) is 0 Å². The Bertz CT molecular complexity index is 287. The summed E-state index contributed by atoms with van der Waals surface area (Å²) in [6.07, 6.45) is 10.0. The lowest BCUT2D eigenvalue weighted by atomic mass is 9.93. The minimum absolute atomic E-state index is 0.215. The lowest BCUT2D eigenvalue weighted by molar-refractivity contribution is -0.0582. The van der Waals surface area contributed by atoms with Gasteiger partial charge in [0.05, 0.1) is 31.8 Å². The molecule has 9 heteroatoms. The van der Waals surface area contributed by atoms with E-state index in [4.69, 9.17) is 39.3 Å². The number of unbranched alkanes of at least 4 members (excludes halogenated alkanes) is 7. The molecule has 0 bridgehead atoms. The zero-order valence-corrected chi connectivity index (χ0v) is 15.5. The van der Waals surface area contributed by atoms with Crippen LogP contribution in [0, 0.1) is 5.41 Å². The Morgan fingerprint density at radius 2 is 1.17 bits per heavy atom. The highest BCUT2D eigenvalue weighted by atomic mass is 31.2. The first kappa shape index (κ1) is 26.2. The molecule has 24 heavy (non-hydrogen) atoms. The van der Waals surface area contributed by atoms with Crippen LogP contribution in [0.3, 0.4) is 0 Å². The van der Waals surface area contributed by atoms with Crippen molar-refractivity contribution in [2.24, 2.45) is 5.41 Å². The van der Waals surface area contributed by atoms with Crippen LogP contribution in [0.4, 0.5) is 0 Å². The third-order valence-corrected chi connectivity index (χ3v) is 3.56. The molecule has 0 saturated heterocycles. The summed E-state index contributed by atoms with van der Waals surface area (Å²) < 4.78 is 14.3. The van der Waals surface area contributed by atoms with Gasteiger partial charge in [0, 0.05) is 6.61 Å². The summed E-state index contributed by atoms with van der Waals surface area (Å²) in [5.74, 6) is 0. The number of phosphoric acid groups is 1. The van der Waals surface area contributed by atoms with Crippen LogP contribution in [0.25, 0.3) is 0 Å². The Hall–Kier alpha value is -0.0500. The maximum atomic E-state index is 9.12. The topological polar surface area (TPSA) is 148 Å². The summed E-state index contributed by atoms with van der Waals surface area (Å²) in [5, 5.41) is 27.4. The average molecular weight is 374 g/mol. The average Bonchev–Trinajstić information content (AvgIpc) is 2.52. The highest BCUT2D eigenvalue weighted by Crippen LogP contribution is 2.25. The molecule has 0 saturated carbocycles. The molecule has 0 aliphatic rings. The van der Waals surface area contributed by atoms with Gasteiger partial charge in [-0.3, -0.25) is 0 Å². The van der Waals surface area contributed by atoms with E-state index in [9.17, 15) is 0 Å². The molecule has 0 aromatic carbocycles. The molecular weight excluding hydrogens is 339 g/mol. The Morgan fingerprint density at radius 1 is 0.792 bits per heavy atom. The van der Waals surface area contributed by atoms with Crippen molar-refractivity contribution in [2.45, 2.75) is 58.3 Å². The van der Waals surface area contributed by atoms with Crippen molar-refractivity contribution in [3.63, 3.8) is 0 Å². The van der Waals surface area contributed by atoms with Crippen molar-refractivity contribution in [2.75, 3.05) is 33.0 Å². The number of aliphatic hydroxyl groups is 3. The van der Waals surface area contributed by atoms with E-state index in [0.717, 1.165) is 12.8 Å². The molecule has 0 atom stereocenters. The molecule has 0 heterocycles. The Labute approximate surface area is 144 Å². The molecular formula is C15H35O8P. The van der Waals surface area contributed by atoms with Crippen LogP contribution in [0.1, 0.15) is 58.3 Å². The van der Waals surface area contributed by atoms with E-state index in [0.29, 0.717) is 6.61 Å². The first-order chi connectivity index (χ1) is 11.2. The van der Waals surface area contributed by atoms with Crippen LogP contribution >= 0.6 is 7.82 Å². The van der Waals surface area contributed by atoms with E-state index in [1.807, 2.05) is 0 Å². The normalized spacial score (nSPS) is 12.0. The summed E-state index contributed by atoms with van der Waals surface area (Å²) in [6, 6.07) is 0. The van der Waals surface area contributed by atoms with E-state index < -0.39 is 13.2 Å². The van der Waals surface area contributed by atoms with Crippen LogP contribution in [0.5, 0.6) is 0 Å². The van der Waals surface area contributed by atoms with Crippen molar-refractivity contribution < 1.29 is 39.3 Å². The smallest absolute Gasteiger partial charge is 0.396 e. The van der Waals surface area contributed by atoms with Gasteiger partial charge in [-0.15, -0.1) is 0 Å². The van der Waals surface area contributed by atoms with Gasteiger partial charge in [-0.1, -0.05) is 51.9 Å². The molecule has 0 unspecified atom stereocenters. The first-order valence-electron chi connectivity index (χ1n) is 8.43. The fourth-order valence-corrected chi connectivity index (χ4v) is 1.91. The summed E-state index contributed by atoms with van der Waals surface area (Å²) in [7, 11) is -4.64. The van der Waals surface area contributed by atoms with E-state index in [-0.39, 0.29) is 26.4 Å². The Morgan fingerprint density at radius 3 is 1.54 bits per heavy atom. The van der Waals surface area contributed by atoms with Crippen LogP contribution in [0.15, 0.2) is 0 Å². The van der Waals surface area contributed by atoms with Crippen LogP contribution < -0.4 is 0 Å². The minimum atomic E-state index is -4.64. The maximum Gasteiger partial charge on any atom is 0.466 e. The molecule has 148 valence electrons. The lowest BCUT2D eigenvalue weighted by Crippen LogP contribution is -2.38. The number of hydrogen-bond acceptors (Lipinski definition) is 5. The predicted octanol–water partition coefficient (Wildman–Crippen LogP) is 1.18. The largest absolute Gasteiger partial charge is 0.466 e. The molecule has 0 fully saturated rings. The molecule has 0 aromatic rings. The van der Waals surface area contributed by atoms with Gasteiger partial charge in [-0.05, 0) is 6.42 Å². The number of aliphatic hydroxyl groups excluding tert-OH is 3. The fourth-order valence-electron chi connectivity index (χ4n) is 1.91. The molecule has 0 aromatic heterocycles. The van der Waals surface area contributed by atoms with Gasteiger partial charge in [0.25, 0.3) is 0 Å². The van der Waals surface area contributed by atoms with Gasteiger partial charge in [0.15, 0.2) is 0 Å². The van der Waals surface area contributed by atoms with Gasteiger partial charge in [0.1, 0.15) is 0 Å². The number of rotatable bonds is 14. The summed E-state index contributed by atoms with van der Waals surface area (Å²) in [6.45, 7) is 2.32. The quantitative estimate of drug-likeness (QED) is 0.196. The summed E-state index contributed by atoms with van der Waals surface area (Å²) in [5.41, 5.74) is -0.889. The van der Waals surface area contributed by atoms with Crippen molar-refractivity contribution >= 4 is 7.82 Å². The van der Waals surface area contributed by atoms with Crippen LogP contribution in [0.2, 0.25) is 0 Å². The van der Waals surface area contributed by atoms with Gasteiger partial charge in [-0.2, -0.15) is 0 Å². The van der Waals surface area contributed by atoms with E-state index in [1.54, 1.807) is 0 Å². The summed E-state index contributed by atoms with van der Waals surface area (Å²) in [4.78, 5) is 21.6. The molecule has 8 nitrogen and oxygen atoms in total. The molecule has 0 aliphatic heterocycles. The second kappa shape index (κ2) is 16.4. The van der Waals surface area contributed by atoms with Crippen molar-refractivity contribution in [1.82, 2.24) is 0 Å². The highest BCUT2D eigenvalue weighted by Gasteiger charge is 2.28. The zero-order chi connectivity index (χ0) is 18.9. The minimum Gasteiger partial charge on any atom is -0.396 e. The number of ether oxygens (including phenoxy) is 1. The monoisotopic (exact) mass is 374 g/mol. The summed E-state index contributed by atoms with van der Waals surface area (Å²) >= 11 is 0. The van der Waals surface area contributed by atoms with Crippen LogP contribution in [-0.4, -0.2) is 63.0 Å². The van der Waals surface area contributed by atoms with Crippen molar-refractivity contribution in [3.05, 3.63) is 0 Å². The van der Waals surface area contributed by atoms with E-state index >= 15 is 0 Å². The van der Waals surface area contributed by atoms with Crippen molar-refractivity contribution in [3.8, 4) is 0 Å².